The van der Waals surface area contributed by atoms with Gasteiger partial charge in [0, 0.05) is 41.0 Å². The molecule has 1 amide bonds. The second kappa shape index (κ2) is 11.0. The molecule has 4 aromatic rings. The predicted octanol–water partition coefficient (Wildman–Crippen LogP) is 6.36. The average molecular weight is 569 g/mol. The number of nitrogens with one attached hydrogen (secondary N) is 2. The van der Waals surface area contributed by atoms with E-state index in [-0.39, 0.29) is 18.0 Å². The first kappa shape index (κ1) is 28.3. The van der Waals surface area contributed by atoms with E-state index in [1.807, 2.05) is 69.4 Å². The van der Waals surface area contributed by atoms with Crippen molar-refractivity contribution in [1.29, 1.82) is 0 Å². The van der Waals surface area contributed by atoms with Crippen LogP contribution in [0.1, 0.15) is 61.1 Å². The third-order valence-corrected chi connectivity index (χ3v) is 7.72. The van der Waals surface area contributed by atoms with Crippen LogP contribution in [-0.2, 0) is 4.79 Å². The summed E-state index contributed by atoms with van der Waals surface area (Å²) < 4.78 is 7.92. The number of hydrogen-bond donors (Lipinski definition) is 2. The first-order valence-corrected chi connectivity index (χ1v) is 14.0. The Labute approximate surface area is 246 Å². The molecule has 2 N–H and O–H groups in total. The number of thiocarbonyl (C=S) groups is 1. The summed E-state index contributed by atoms with van der Waals surface area (Å²) in [6, 6.07) is 17.5. The number of carbonyl (C=O) groups is 1. The van der Waals surface area contributed by atoms with Crippen molar-refractivity contribution in [2.75, 3.05) is 17.3 Å². The van der Waals surface area contributed by atoms with Gasteiger partial charge in [0.1, 0.15) is 11.6 Å². The fourth-order valence-electron chi connectivity index (χ4n) is 5.27. The van der Waals surface area contributed by atoms with Gasteiger partial charge in [0.25, 0.3) is 0 Å². The first-order valence-electron chi connectivity index (χ1n) is 13.6. The smallest absolute Gasteiger partial charge is 0.229 e. The third kappa shape index (κ3) is 5.41. The molecule has 4 heterocycles. The number of methoxy groups -OCH3 is 1. The van der Waals surface area contributed by atoms with Gasteiger partial charge in [-0.05, 0) is 86.6 Å². The molecule has 0 spiro atoms. The summed E-state index contributed by atoms with van der Waals surface area (Å²) in [6.07, 6.45) is 3.64. The minimum absolute atomic E-state index is 0.0906. The highest BCUT2D eigenvalue weighted by Gasteiger charge is 2.42. The predicted molar refractivity (Wildman–Crippen MR) is 167 cm³/mol. The topological polar surface area (TPSA) is 84.3 Å². The summed E-state index contributed by atoms with van der Waals surface area (Å²) in [5, 5.41) is 7.12. The second-order valence-corrected chi connectivity index (χ2v) is 11.8. The van der Waals surface area contributed by atoms with Crippen molar-refractivity contribution in [2.45, 2.75) is 53.6 Å². The number of hydrogen-bond acceptors (Lipinski definition) is 5. The van der Waals surface area contributed by atoms with E-state index in [1.165, 1.54) is 0 Å². The number of amides is 1. The van der Waals surface area contributed by atoms with E-state index >= 15 is 0 Å². The van der Waals surface area contributed by atoms with Crippen LogP contribution in [0, 0.1) is 26.2 Å². The minimum Gasteiger partial charge on any atom is -0.494 e. The van der Waals surface area contributed by atoms with Crippen molar-refractivity contribution in [3.05, 3.63) is 95.2 Å². The normalized spacial score (nSPS) is 17.0. The Morgan fingerprint density at radius 3 is 2.46 bits per heavy atom. The highest BCUT2D eigenvalue weighted by atomic mass is 32.1. The maximum Gasteiger partial charge on any atom is 0.229 e. The fraction of sp³-hybridized carbons (Fsp3) is 0.312. The van der Waals surface area contributed by atoms with Gasteiger partial charge >= 0.3 is 0 Å². The van der Waals surface area contributed by atoms with Gasteiger partial charge in [0.2, 0.25) is 5.91 Å². The Morgan fingerprint density at radius 1 is 1.02 bits per heavy atom. The molecule has 0 aliphatic carbocycles. The van der Waals surface area contributed by atoms with E-state index in [0.717, 1.165) is 39.7 Å². The number of pyridine rings is 2. The molecule has 5 rings (SSSR count). The summed E-state index contributed by atoms with van der Waals surface area (Å²) >= 11 is 5.96. The molecule has 1 aliphatic rings. The lowest BCUT2D eigenvalue weighted by molar-refractivity contribution is -0.123. The number of anilines is 2. The van der Waals surface area contributed by atoms with E-state index in [4.69, 9.17) is 21.9 Å². The number of rotatable bonds is 6. The zero-order chi connectivity index (χ0) is 29.5. The number of benzene rings is 1. The van der Waals surface area contributed by atoms with Gasteiger partial charge in [-0.1, -0.05) is 26.8 Å². The van der Waals surface area contributed by atoms with E-state index in [0.29, 0.717) is 16.5 Å². The summed E-state index contributed by atoms with van der Waals surface area (Å²) in [5.74, 6) is 1.34. The van der Waals surface area contributed by atoms with Gasteiger partial charge in [0.05, 0.1) is 30.6 Å². The van der Waals surface area contributed by atoms with Crippen LogP contribution in [0.2, 0.25) is 0 Å². The molecule has 0 radical (unpaired) electrons. The molecule has 1 saturated heterocycles. The van der Waals surface area contributed by atoms with Gasteiger partial charge in [0.15, 0.2) is 5.11 Å². The van der Waals surface area contributed by atoms with Crippen LogP contribution in [0.25, 0.3) is 5.82 Å². The van der Waals surface area contributed by atoms with Crippen molar-refractivity contribution >= 4 is 34.6 Å². The zero-order valence-electron chi connectivity index (χ0n) is 24.5. The third-order valence-electron chi connectivity index (χ3n) is 7.41. The molecule has 0 bridgehead atoms. The van der Waals surface area contributed by atoms with Gasteiger partial charge in [-0.3, -0.25) is 9.78 Å². The molecule has 1 fully saturated rings. The molecule has 1 aliphatic heterocycles. The van der Waals surface area contributed by atoms with Gasteiger partial charge < -0.3 is 24.8 Å². The van der Waals surface area contributed by atoms with Crippen molar-refractivity contribution in [3.63, 3.8) is 0 Å². The molecule has 2 atom stereocenters. The first-order chi connectivity index (χ1) is 19.5. The van der Waals surface area contributed by atoms with Crippen molar-refractivity contribution in [1.82, 2.24) is 19.9 Å². The van der Waals surface area contributed by atoms with Gasteiger partial charge in [-0.25, -0.2) is 4.98 Å². The monoisotopic (exact) mass is 568 g/mol. The number of aryl methyl sites for hydroxylation is 2. The van der Waals surface area contributed by atoms with Crippen LogP contribution in [0.5, 0.6) is 5.75 Å². The lowest BCUT2D eigenvalue weighted by Gasteiger charge is -2.29. The van der Waals surface area contributed by atoms with E-state index in [2.05, 4.69) is 58.0 Å². The summed E-state index contributed by atoms with van der Waals surface area (Å²) in [5.41, 5.74) is 6.20. The van der Waals surface area contributed by atoms with E-state index in [1.54, 1.807) is 13.3 Å². The molecule has 0 unspecified atom stereocenters. The molecule has 3 aromatic heterocycles. The number of aromatic nitrogens is 3. The van der Waals surface area contributed by atoms with Gasteiger partial charge in [-0.2, -0.15) is 0 Å². The van der Waals surface area contributed by atoms with Crippen LogP contribution < -0.4 is 20.3 Å². The van der Waals surface area contributed by atoms with E-state index in [9.17, 15) is 4.79 Å². The lowest BCUT2D eigenvalue weighted by atomic mass is 9.95. The molecule has 212 valence electrons. The highest BCUT2D eigenvalue weighted by molar-refractivity contribution is 7.80. The van der Waals surface area contributed by atoms with Crippen molar-refractivity contribution in [3.8, 4) is 11.6 Å². The Bertz CT molecular complexity index is 1610. The largest absolute Gasteiger partial charge is 0.494 e. The minimum atomic E-state index is -0.542. The second-order valence-electron chi connectivity index (χ2n) is 11.4. The number of nitrogens with zero attached hydrogens (tertiary/aromatic N) is 4. The Balaban J connectivity index is 1.63. The Morgan fingerprint density at radius 2 is 1.80 bits per heavy atom. The maximum absolute atomic E-state index is 12.7. The van der Waals surface area contributed by atoms with Crippen LogP contribution in [0.15, 0.2) is 67.0 Å². The highest BCUT2D eigenvalue weighted by Crippen LogP contribution is 2.45. The Kier molecular flexibility index (Phi) is 7.57. The average Bonchev–Trinajstić information content (AvgIpc) is 3.43. The zero-order valence-corrected chi connectivity index (χ0v) is 25.3. The maximum atomic E-state index is 12.7. The van der Waals surface area contributed by atoms with Crippen LogP contribution >= 0.6 is 12.2 Å². The quantitative estimate of drug-likeness (QED) is 0.262. The molecule has 0 saturated carbocycles. The van der Waals surface area contributed by atoms with Crippen LogP contribution in [-0.4, -0.2) is 32.7 Å². The molecular formula is C32H36N6O2S. The summed E-state index contributed by atoms with van der Waals surface area (Å²) in [4.78, 5) is 24.2. The number of carbonyl (C=O) groups excluding carboxylic acids is 1. The standard InChI is InChI=1S/C32H36N6O2S/c1-19-13-15-34-27(16-19)37-20(2)17-23(21(37)3)29-28(25-10-8-9-14-33-25)36-31(41)38(29)22-11-12-24(26(18-22)40-7)35-30(39)32(4,5)6/h8-18,28-29H,1-7H3,(H,35,39)(H,36,41)/t28-,29-/m0/s1. The van der Waals surface area contributed by atoms with Crippen molar-refractivity contribution in [2.24, 2.45) is 5.41 Å². The summed E-state index contributed by atoms with van der Waals surface area (Å²) in [6.45, 7) is 11.9. The SMILES string of the molecule is COc1cc(N2C(=S)N[C@@H](c3ccccn3)[C@@H]2c2cc(C)n(-c3cc(C)ccn3)c2C)ccc1NC(=O)C(C)(C)C. The molecule has 9 heteroatoms. The Hall–Kier alpha value is -4.24. The molecule has 1 aromatic carbocycles. The van der Waals surface area contributed by atoms with Crippen LogP contribution in [0.3, 0.4) is 0 Å². The molecule has 8 nitrogen and oxygen atoms in total. The van der Waals surface area contributed by atoms with Gasteiger partial charge in [-0.15, -0.1) is 0 Å². The molecular weight excluding hydrogens is 532 g/mol. The van der Waals surface area contributed by atoms with E-state index < -0.39 is 5.41 Å². The van der Waals surface area contributed by atoms with Crippen LogP contribution in [0.4, 0.5) is 11.4 Å². The summed E-state index contributed by atoms with van der Waals surface area (Å²) in [7, 11) is 1.60. The molecule has 41 heavy (non-hydrogen) atoms. The van der Waals surface area contributed by atoms with Crippen molar-refractivity contribution < 1.29 is 9.53 Å². The number of ether oxygens (including phenoxy) is 1. The fourth-order valence-corrected chi connectivity index (χ4v) is 5.62. The lowest BCUT2D eigenvalue weighted by Crippen LogP contribution is -2.30.